The Morgan fingerprint density at radius 3 is 2.58 bits per heavy atom. The number of rotatable bonds is 5. The molecule has 0 radical (unpaired) electrons. The van der Waals surface area contributed by atoms with E-state index in [0.717, 1.165) is 5.56 Å². The van der Waals surface area contributed by atoms with Crippen molar-refractivity contribution in [2.75, 3.05) is 19.0 Å². The van der Waals surface area contributed by atoms with Crippen molar-refractivity contribution in [2.24, 2.45) is 0 Å². The summed E-state index contributed by atoms with van der Waals surface area (Å²) >= 11 is 6.02. The zero-order chi connectivity index (χ0) is 13.7. The standard InChI is InChI=1S/C15H15ClFNO/c1-19-10-15(11-5-3-2-4-6-11)18-14-8-7-12(17)9-13(14)16/h2-9,15,18H,10H2,1H3. The monoisotopic (exact) mass is 279 g/mol. The predicted molar refractivity (Wildman–Crippen MR) is 76.1 cm³/mol. The molecule has 1 N–H and O–H groups in total. The van der Waals surface area contributed by atoms with Crippen LogP contribution >= 0.6 is 11.6 Å². The van der Waals surface area contributed by atoms with E-state index >= 15 is 0 Å². The molecule has 0 saturated carbocycles. The molecule has 0 heterocycles. The molecule has 0 aliphatic heterocycles. The highest BCUT2D eigenvalue weighted by molar-refractivity contribution is 6.33. The number of hydrogen-bond acceptors (Lipinski definition) is 2. The normalized spacial score (nSPS) is 12.2. The van der Waals surface area contributed by atoms with Gasteiger partial charge >= 0.3 is 0 Å². The average molecular weight is 280 g/mol. The Bertz CT molecular complexity index is 533. The third-order valence-corrected chi connectivity index (χ3v) is 3.11. The first-order valence-corrected chi connectivity index (χ1v) is 6.34. The van der Waals surface area contributed by atoms with Crippen LogP contribution in [0.2, 0.25) is 5.02 Å². The van der Waals surface area contributed by atoms with Gasteiger partial charge in [0, 0.05) is 7.11 Å². The van der Waals surface area contributed by atoms with Crippen LogP contribution in [0.4, 0.5) is 10.1 Å². The Labute approximate surface area is 117 Å². The molecule has 1 atom stereocenters. The van der Waals surface area contributed by atoms with Crippen LogP contribution in [0, 0.1) is 5.82 Å². The van der Waals surface area contributed by atoms with Gasteiger partial charge < -0.3 is 10.1 Å². The second kappa shape index (κ2) is 6.55. The van der Waals surface area contributed by atoms with E-state index in [1.54, 1.807) is 13.2 Å². The molecule has 0 amide bonds. The fraction of sp³-hybridized carbons (Fsp3) is 0.200. The van der Waals surface area contributed by atoms with Crippen molar-refractivity contribution < 1.29 is 9.13 Å². The summed E-state index contributed by atoms with van der Waals surface area (Å²) in [4.78, 5) is 0. The Morgan fingerprint density at radius 2 is 1.95 bits per heavy atom. The maximum Gasteiger partial charge on any atom is 0.124 e. The van der Waals surface area contributed by atoms with Gasteiger partial charge in [0.2, 0.25) is 0 Å². The van der Waals surface area contributed by atoms with Crippen molar-refractivity contribution in [3.63, 3.8) is 0 Å². The Morgan fingerprint density at radius 1 is 1.21 bits per heavy atom. The zero-order valence-electron chi connectivity index (χ0n) is 10.6. The van der Waals surface area contributed by atoms with Crippen molar-refractivity contribution >= 4 is 17.3 Å². The molecule has 100 valence electrons. The summed E-state index contributed by atoms with van der Waals surface area (Å²) in [7, 11) is 1.64. The SMILES string of the molecule is COCC(Nc1ccc(F)cc1Cl)c1ccccc1. The Kier molecular flexibility index (Phi) is 4.77. The molecule has 2 aromatic rings. The van der Waals surface area contributed by atoms with Gasteiger partial charge in [-0.25, -0.2) is 4.39 Å². The molecule has 0 aliphatic rings. The minimum absolute atomic E-state index is 0.0332. The summed E-state index contributed by atoms with van der Waals surface area (Å²) in [5.74, 6) is -0.349. The second-order valence-corrected chi connectivity index (χ2v) is 4.59. The summed E-state index contributed by atoms with van der Waals surface area (Å²) in [6.45, 7) is 0.498. The van der Waals surface area contributed by atoms with Gasteiger partial charge in [0.1, 0.15) is 5.82 Å². The van der Waals surface area contributed by atoms with Crippen molar-refractivity contribution in [1.29, 1.82) is 0 Å². The lowest BCUT2D eigenvalue weighted by Gasteiger charge is -2.20. The van der Waals surface area contributed by atoms with Crippen LogP contribution in [0.1, 0.15) is 11.6 Å². The van der Waals surface area contributed by atoms with E-state index in [2.05, 4.69) is 5.32 Å². The smallest absolute Gasteiger partial charge is 0.124 e. The molecule has 19 heavy (non-hydrogen) atoms. The lowest BCUT2D eigenvalue weighted by molar-refractivity contribution is 0.186. The zero-order valence-corrected chi connectivity index (χ0v) is 11.3. The van der Waals surface area contributed by atoms with Crippen molar-refractivity contribution in [1.82, 2.24) is 0 Å². The lowest BCUT2D eigenvalue weighted by Crippen LogP contribution is -2.16. The minimum Gasteiger partial charge on any atom is -0.382 e. The molecule has 2 rings (SSSR count). The summed E-state index contributed by atoms with van der Waals surface area (Å²) in [6.07, 6.45) is 0. The van der Waals surface area contributed by atoms with E-state index in [9.17, 15) is 4.39 Å². The van der Waals surface area contributed by atoms with Crippen LogP contribution in [0.3, 0.4) is 0 Å². The van der Waals surface area contributed by atoms with E-state index in [4.69, 9.17) is 16.3 Å². The van der Waals surface area contributed by atoms with E-state index in [-0.39, 0.29) is 11.9 Å². The number of nitrogens with one attached hydrogen (secondary N) is 1. The summed E-state index contributed by atoms with van der Waals surface area (Å²) in [6, 6.07) is 14.2. The fourth-order valence-electron chi connectivity index (χ4n) is 1.87. The molecule has 4 heteroatoms. The highest BCUT2D eigenvalue weighted by Crippen LogP contribution is 2.27. The van der Waals surface area contributed by atoms with E-state index in [1.807, 2.05) is 30.3 Å². The maximum absolute atomic E-state index is 13.0. The number of anilines is 1. The van der Waals surface area contributed by atoms with E-state index in [0.29, 0.717) is 17.3 Å². The van der Waals surface area contributed by atoms with Crippen molar-refractivity contribution in [3.8, 4) is 0 Å². The molecule has 0 aromatic heterocycles. The lowest BCUT2D eigenvalue weighted by atomic mass is 10.1. The largest absolute Gasteiger partial charge is 0.382 e. The number of methoxy groups -OCH3 is 1. The number of halogens is 2. The van der Waals surface area contributed by atoms with Gasteiger partial charge in [0.25, 0.3) is 0 Å². The van der Waals surface area contributed by atoms with Gasteiger partial charge in [-0.3, -0.25) is 0 Å². The van der Waals surface area contributed by atoms with Crippen molar-refractivity contribution in [3.05, 3.63) is 64.9 Å². The van der Waals surface area contributed by atoms with Crippen LogP contribution in [0.5, 0.6) is 0 Å². The minimum atomic E-state index is -0.349. The van der Waals surface area contributed by atoms with Crippen LogP contribution in [-0.2, 0) is 4.74 Å². The van der Waals surface area contributed by atoms with Gasteiger partial charge in [0.15, 0.2) is 0 Å². The molecule has 0 aliphatic carbocycles. The molecule has 0 saturated heterocycles. The van der Waals surface area contributed by atoms with Gasteiger partial charge in [-0.1, -0.05) is 41.9 Å². The van der Waals surface area contributed by atoms with Crippen LogP contribution in [0.15, 0.2) is 48.5 Å². The molecular formula is C15H15ClFNO. The first kappa shape index (κ1) is 13.8. The first-order chi connectivity index (χ1) is 9.20. The molecule has 1 unspecified atom stereocenters. The van der Waals surface area contributed by atoms with Crippen LogP contribution in [0.25, 0.3) is 0 Å². The second-order valence-electron chi connectivity index (χ2n) is 4.19. The van der Waals surface area contributed by atoms with Gasteiger partial charge in [-0.15, -0.1) is 0 Å². The Balaban J connectivity index is 2.21. The third-order valence-electron chi connectivity index (χ3n) is 2.80. The number of benzene rings is 2. The van der Waals surface area contributed by atoms with Crippen LogP contribution in [-0.4, -0.2) is 13.7 Å². The third kappa shape index (κ3) is 3.69. The quantitative estimate of drug-likeness (QED) is 0.882. The first-order valence-electron chi connectivity index (χ1n) is 5.96. The average Bonchev–Trinajstić information content (AvgIpc) is 2.42. The molecule has 0 bridgehead atoms. The number of ether oxygens (including phenoxy) is 1. The highest BCUT2D eigenvalue weighted by atomic mass is 35.5. The molecule has 0 fully saturated rings. The van der Waals surface area contributed by atoms with E-state index < -0.39 is 0 Å². The number of hydrogen-bond donors (Lipinski definition) is 1. The summed E-state index contributed by atoms with van der Waals surface area (Å²) in [5, 5.41) is 3.63. The molecule has 2 aromatic carbocycles. The predicted octanol–water partition coefficient (Wildman–Crippen LogP) is 4.28. The maximum atomic E-state index is 13.0. The molecular weight excluding hydrogens is 265 g/mol. The van der Waals surface area contributed by atoms with Gasteiger partial charge in [-0.2, -0.15) is 0 Å². The van der Waals surface area contributed by atoms with Crippen LogP contribution < -0.4 is 5.32 Å². The van der Waals surface area contributed by atoms with Gasteiger partial charge in [0.05, 0.1) is 23.4 Å². The molecule has 2 nitrogen and oxygen atoms in total. The highest BCUT2D eigenvalue weighted by Gasteiger charge is 2.12. The molecule has 0 spiro atoms. The summed E-state index contributed by atoms with van der Waals surface area (Å²) in [5.41, 5.74) is 1.78. The fourth-order valence-corrected chi connectivity index (χ4v) is 2.09. The van der Waals surface area contributed by atoms with E-state index in [1.165, 1.54) is 12.1 Å². The van der Waals surface area contributed by atoms with Gasteiger partial charge in [-0.05, 0) is 23.8 Å². The topological polar surface area (TPSA) is 21.3 Å². The Hall–Kier alpha value is -1.58. The summed E-state index contributed by atoms with van der Waals surface area (Å²) < 4.78 is 18.2. The van der Waals surface area contributed by atoms with Crippen molar-refractivity contribution in [2.45, 2.75) is 6.04 Å².